The van der Waals surface area contributed by atoms with Crippen molar-refractivity contribution >= 4 is 23.4 Å². The lowest BCUT2D eigenvalue weighted by molar-refractivity contribution is -0.391. The van der Waals surface area contributed by atoms with Crippen molar-refractivity contribution in [2.75, 3.05) is 0 Å². The molecule has 1 N–H and O–H groups in total. The van der Waals surface area contributed by atoms with Crippen molar-refractivity contribution < 1.29 is 23.6 Å². The number of nitro groups is 1. The molecule has 0 bridgehead atoms. The minimum absolute atomic E-state index is 0.445. The van der Waals surface area contributed by atoms with Crippen LogP contribution in [0.4, 0.5) is 14.6 Å². The molecule has 0 fully saturated rings. The van der Waals surface area contributed by atoms with E-state index in [9.17, 15) is 23.7 Å². The summed E-state index contributed by atoms with van der Waals surface area (Å²) >= 11 is 5.30. The third-order valence-corrected chi connectivity index (χ3v) is 1.91. The molecule has 1 heterocycles. The Morgan fingerprint density at radius 1 is 1.62 bits per heavy atom. The van der Waals surface area contributed by atoms with Crippen molar-refractivity contribution in [2.24, 2.45) is 0 Å². The van der Waals surface area contributed by atoms with Gasteiger partial charge >= 0.3 is 11.8 Å². The van der Waals surface area contributed by atoms with Crippen LogP contribution in [-0.4, -0.2) is 21.0 Å². The summed E-state index contributed by atoms with van der Waals surface area (Å²) in [5, 5.41) is 18.2. The Kier molecular flexibility index (Phi) is 3.33. The van der Waals surface area contributed by atoms with Crippen LogP contribution < -0.4 is 0 Å². The molecule has 0 aliphatic rings. The molecule has 16 heavy (non-hydrogen) atoms. The highest BCUT2D eigenvalue weighted by Crippen LogP contribution is 2.30. The number of aromatic carboxylic acids is 1. The van der Waals surface area contributed by atoms with Crippen molar-refractivity contribution in [3.8, 4) is 0 Å². The average molecular weight is 253 g/mol. The van der Waals surface area contributed by atoms with Gasteiger partial charge in [-0.1, -0.05) is 0 Å². The van der Waals surface area contributed by atoms with Gasteiger partial charge in [0, 0.05) is 0 Å². The van der Waals surface area contributed by atoms with Crippen molar-refractivity contribution in [3.05, 3.63) is 32.5 Å². The van der Waals surface area contributed by atoms with Gasteiger partial charge in [0.05, 0.1) is 0 Å². The first-order valence-corrected chi connectivity index (χ1v) is 4.08. The van der Waals surface area contributed by atoms with Crippen LogP contribution in [0, 0.1) is 10.1 Å². The summed E-state index contributed by atoms with van der Waals surface area (Å²) in [5.74, 6) is -2.74. The number of pyridine rings is 1. The summed E-state index contributed by atoms with van der Waals surface area (Å²) < 4.78 is 24.8. The standard InChI is InChI=1S/C7H3ClF2N2O4/c8-4-2(7(13)14)1-3(5(9)10)6(11-4)12(15)16/h1,5H,(H,13,14). The Labute approximate surface area is 91.6 Å². The predicted octanol–water partition coefficient (Wildman–Crippen LogP) is 2.28. The van der Waals surface area contributed by atoms with Gasteiger partial charge in [-0.05, 0) is 27.6 Å². The number of carbonyl (C=O) groups is 1. The Morgan fingerprint density at radius 2 is 2.19 bits per heavy atom. The van der Waals surface area contributed by atoms with E-state index in [4.69, 9.17) is 16.7 Å². The minimum Gasteiger partial charge on any atom is -0.477 e. The number of aromatic nitrogens is 1. The normalized spacial score (nSPS) is 10.5. The van der Waals surface area contributed by atoms with Crippen molar-refractivity contribution in [1.29, 1.82) is 0 Å². The van der Waals surface area contributed by atoms with E-state index >= 15 is 0 Å². The number of nitrogens with zero attached hydrogens (tertiary/aromatic N) is 2. The fourth-order valence-corrected chi connectivity index (χ4v) is 1.17. The number of halogens is 3. The maximum absolute atomic E-state index is 12.4. The Hall–Kier alpha value is -1.83. The van der Waals surface area contributed by atoms with Gasteiger partial charge < -0.3 is 15.2 Å². The van der Waals surface area contributed by atoms with E-state index in [-0.39, 0.29) is 0 Å². The largest absolute Gasteiger partial charge is 0.477 e. The Balaban J connectivity index is 3.49. The first-order chi connectivity index (χ1) is 7.34. The molecule has 0 unspecified atom stereocenters. The molecule has 1 rings (SSSR count). The van der Waals surface area contributed by atoms with E-state index < -0.39 is 39.4 Å². The fourth-order valence-electron chi connectivity index (χ4n) is 0.954. The topological polar surface area (TPSA) is 93.3 Å². The molecule has 0 amide bonds. The molecule has 86 valence electrons. The maximum Gasteiger partial charge on any atom is 0.374 e. The predicted molar refractivity (Wildman–Crippen MR) is 47.8 cm³/mol. The van der Waals surface area contributed by atoms with Crippen LogP contribution in [-0.2, 0) is 0 Å². The Bertz CT molecular complexity index is 466. The minimum atomic E-state index is -3.21. The SMILES string of the molecule is O=C(O)c1cc(C(F)F)c([N+](=O)[O-])nc1Cl. The number of carboxylic acids is 1. The molecule has 0 atom stereocenters. The van der Waals surface area contributed by atoms with Gasteiger partial charge in [0.1, 0.15) is 11.1 Å². The molecule has 1 aromatic heterocycles. The third kappa shape index (κ3) is 2.22. The lowest BCUT2D eigenvalue weighted by Crippen LogP contribution is -2.06. The van der Waals surface area contributed by atoms with Gasteiger partial charge in [-0.25, -0.2) is 13.6 Å². The number of rotatable bonds is 3. The molecule has 0 saturated carbocycles. The van der Waals surface area contributed by atoms with Crippen LogP contribution in [0.1, 0.15) is 22.3 Å². The van der Waals surface area contributed by atoms with E-state index in [1.165, 1.54) is 0 Å². The van der Waals surface area contributed by atoms with Gasteiger partial charge in [-0.3, -0.25) is 0 Å². The van der Waals surface area contributed by atoms with Crippen LogP contribution in [0.5, 0.6) is 0 Å². The second-order valence-electron chi connectivity index (χ2n) is 2.60. The maximum atomic E-state index is 12.4. The first kappa shape index (κ1) is 12.2. The number of hydrogen-bond donors (Lipinski definition) is 1. The molecular weight excluding hydrogens is 250 g/mol. The summed E-state index contributed by atoms with van der Waals surface area (Å²) in [4.78, 5) is 22.8. The van der Waals surface area contributed by atoms with Gasteiger partial charge in [-0.2, -0.15) is 0 Å². The second kappa shape index (κ2) is 4.35. The second-order valence-corrected chi connectivity index (χ2v) is 2.96. The zero-order valence-electron chi connectivity index (χ0n) is 7.35. The molecule has 0 spiro atoms. The molecule has 0 saturated heterocycles. The lowest BCUT2D eigenvalue weighted by Gasteiger charge is -2.02. The third-order valence-electron chi connectivity index (χ3n) is 1.62. The molecule has 1 aromatic rings. The summed E-state index contributed by atoms with van der Waals surface area (Å²) in [6, 6.07) is 0.445. The monoisotopic (exact) mass is 252 g/mol. The highest BCUT2D eigenvalue weighted by atomic mass is 35.5. The van der Waals surface area contributed by atoms with Crippen LogP contribution >= 0.6 is 11.6 Å². The van der Waals surface area contributed by atoms with Gasteiger partial charge in [0.15, 0.2) is 0 Å². The van der Waals surface area contributed by atoms with Crippen molar-refractivity contribution in [2.45, 2.75) is 6.43 Å². The van der Waals surface area contributed by atoms with E-state index in [0.717, 1.165) is 0 Å². The molecule has 0 aromatic carbocycles. The van der Waals surface area contributed by atoms with Crippen LogP contribution in [0.15, 0.2) is 6.07 Å². The van der Waals surface area contributed by atoms with Crippen LogP contribution in [0.3, 0.4) is 0 Å². The van der Waals surface area contributed by atoms with Crippen molar-refractivity contribution in [3.63, 3.8) is 0 Å². The molecular formula is C7H3ClF2N2O4. The number of carboxylic acid groups (broad SMARTS) is 1. The van der Waals surface area contributed by atoms with Gasteiger partial charge in [0.2, 0.25) is 0 Å². The zero-order valence-corrected chi connectivity index (χ0v) is 8.11. The highest BCUT2D eigenvalue weighted by molar-refractivity contribution is 6.32. The Morgan fingerprint density at radius 3 is 2.56 bits per heavy atom. The highest BCUT2D eigenvalue weighted by Gasteiger charge is 2.28. The first-order valence-electron chi connectivity index (χ1n) is 3.71. The molecule has 0 aliphatic heterocycles. The van der Waals surface area contributed by atoms with Crippen LogP contribution in [0.25, 0.3) is 0 Å². The zero-order chi connectivity index (χ0) is 12.5. The molecule has 0 aliphatic carbocycles. The summed E-state index contributed by atoms with van der Waals surface area (Å²) in [5.41, 5.74) is -1.78. The van der Waals surface area contributed by atoms with Gasteiger partial charge in [-0.15, -0.1) is 0 Å². The smallest absolute Gasteiger partial charge is 0.374 e. The molecule has 0 radical (unpaired) electrons. The van der Waals surface area contributed by atoms with E-state index in [2.05, 4.69) is 4.98 Å². The average Bonchev–Trinajstić information content (AvgIpc) is 2.15. The van der Waals surface area contributed by atoms with Crippen LogP contribution in [0.2, 0.25) is 5.15 Å². The quantitative estimate of drug-likeness (QED) is 0.506. The number of hydrogen-bond acceptors (Lipinski definition) is 4. The van der Waals surface area contributed by atoms with E-state index in [1.54, 1.807) is 0 Å². The van der Waals surface area contributed by atoms with Gasteiger partial charge in [0.25, 0.3) is 11.6 Å². The summed E-state index contributed by atoms with van der Waals surface area (Å²) in [6.07, 6.45) is -3.21. The number of alkyl halides is 2. The summed E-state index contributed by atoms with van der Waals surface area (Å²) in [7, 11) is 0. The van der Waals surface area contributed by atoms with E-state index in [0.29, 0.717) is 6.07 Å². The molecule has 9 heteroatoms. The fraction of sp³-hybridized carbons (Fsp3) is 0.143. The summed E-state index contributed by atoms with van der Waals surface area (Å²) in [6.45, 7) is 0. The van der Waals surface area contributed by atoms with E-state index in [1.807, 2.05) is 0 Å². The molecule has 6 nitrogen and oxygen atoms in total. The lowest BCUT2D eigenvalue weighted by atomic mass is 10.2. The van der Waals surface area contributed by atoms with Crippen molar-refractivity contribution in [1.82, 2.24) is 4.98 Å².